The molecule has 2 atom stereocenters. The maximum absolute atomic E-state index is 13.6. The molecular weight excluding hydrogens is 460 g/mol. The van der Waals surface area contributed by atoms with Gasteiger partial charge in [0.25, 0.3) is 5.91 Å². The van der Waals surface area contributed by atoms with E-state index in [1.807, 2.05) is 70.2 Å². The van der Waals surface area contributed by atoms with Crippen molar-refractivity contribution in [1.29, 1.82) is 0 Å². The summed E-state index contributed by atoms with van der Waals surface area (Å²) >= 11 is 1.59. The van der Waals surface area contributed by atoms with Crippen molar-refractivity contribution in [2.45, 2.75) is 45.4 Å². The van der Waals surface area contributed by atoms with E-state index in [0.29, 0.717) is 51.1 Å². The second-order valence-corrected chi connectivity index (χ2v) is 10.6. The number of rotatable bonds is 5. The summed E-state index contributed by atoms with van der Waals surface area (Å²) in [5, 5.41) is 6.79. The van der Waals surface area contributed by atoms with Gasteiger partial charge in [-0.3, -0.25) is 14.3 Å². The Hall–Kier alpha value is -2.97. The molecule has 0 bridgehead atoms. The fourth-order valence-corrected chi connectivity index (χ4v) is 5.86. The SMILES string of the molecule is CC1CN(C(=O)C2CCN(C(=O)c3cn(Cc4ccccc4)nc3-c3cccs3)CC2)CC(C)O1. The van der Waals surface area contributed by atoms with Crippen LogP contribution in [0.25, 0.3) is 10.6 Å². The van der Waals surface area contributed by atoms with Gasteiger partial charge in [0.1, 0.15) is 5.69 Å². The third-order valence-corrected chi connectivity index (χ3v) is 7.67. The average molecular weight is 493 g/mol. The first-order valence-electron chi connectivity index (χ1n) is 12.4. The van der Waals surface area contributed by atoms with Crippen LogP contribution in [0.15, 0.2) is 54.0 Å². The number of aromatic nitrogens is 2. The molecule has 0 saturated carbocycles. The zero-order valence-electron chi connectivity index (χ0n) is 20.3. The Kier molecular flexibility index (Phi) is 7.02. The Morgan fingerprint density at radius 1 is 1.00 bits per heavy atom. The first-order chi connectivity index (χ1) is 17.0. The molecule has 2 aromatic heterocycles. The summed E-state index contributed by atoms with van der Waals surface area (Å²) in [5.74, 6) is 0.162. The third kappa shape index (κ3) is 5.33. The minimum atomic E-state index is -0.0332. The smallest absolute Gasteiger partial charge is 0.257 e. The normalized spacial score (nSPS) is 21.3. The second kappa shape index (κ2) is 10.3. The van der Waals surface area contributed by atoms with E-state index in [9.17, 15) is 9.59 Å². The highest BCUT2D eigenvalue weighted by Crippen LogP contribution is 2.30. The van der Waals surface area contributed by atoms with Gasteiger partial charge < -0.3 is 14.5 Å². The van der Waals surface area contributed by atoms with E-state index >= 15 is 0 Å². The third-order valence-electron chi connectivity index (χ3n) is 6.80. The predicted octanol–water partition coefficient (Wildman–Crippen LogP) is 4.15. The number of carbonyl (C=O) groups excluding carboxylic acids is 2. The summed E-state index contributed by atoms with van der Waals surface area (Å²) < 4.78 is 7.63. The molecule has 0 aliphatic carbocycles. The molecule has 1 aromatic carbocycles. The van der Waals surface area contributed by atoms with Gasteiger partial charge in [-0.1, -0.05) is 36.4 Å². The van der Waals surface area contributed by atoms with Crippen LogP contribution in [-0.2, 0) is 16.1 Å². The number of piperidine rings is 1. The van der Waals surface area contributed by atoms with Gasteiger partial charge in [0.15, 0.2) is 0 Å². The topological polar surface area (TPSA) is 67.7 Å². The van der Waals surface area contributed by atoms with Crippen LogP contribution in [0.1, 0.15) is 42.6 Å². The first kappa shape index (κ1) is 23.8. The summed E-state index contributed by atoms with van der Waals surface area (Å²) in [6, 6.07) is 14.1. The molecule has 2 amide bonds. The lowest BCUT2D eigenvalue weighted by Gasteiger charge is -2.39. The molecule has 5 rings (SSSR count). The van der Waals surface area contributed by atoms with E-state index < -0.39 is 0 Å². The van der Waals surface area contributed by atoms with E-state index in [1.165, 1.54) is 0 Å². The molecule has 2 unspecified atom stereocenters. The van der Waals surface area contributed by atoms with Gasteiger partial charge in [-0.25, -0.2) is 0 Å². The van der Waals surface area contributed by atoms with Crippen molar-refractivity contribution >= 4 is 23.2 Å². The van der Waals surface area contributed by atoms with Crippen molar-refractivity contribution in [3.8, 4) is 10.6 Å². The van der Waals surface area contributed by atoms with Gasteiger partial charge >= 0.3 is 0 Å². The molecule has 7 nitrogen and oxygen atoms in total. The molecule has 0 N–H and O–H groups in total. The van der Waals surface area contributed by atoms with Crippen LogP contribution >= 0.6 is 11.3 Å². The van der Waals surface area contributed by atoms with E-state index in [1.54, 1.807) is 11.3 Å². The van der Waals surface area contributed by atoms with Crippen LogP contribution in [0.3, 0.4) is 0 Å². The van der Waals surface area contributed by atoms with Crippen molar-refractivity contribution in [3.05, 3.63) is 65.2 Å². The lowest BCUT2D eigenvalue weighted by Crippen LogP contribution is -2.51. The molecule has 35 heavy (non-hydrogen) atoms. The van der Waals surface area contributed by atoms with Crippen molar-refractivity contribution in [2.75, 3.05) is 26.2 Å². The van der Waals surface area contributed by atoms with Gasteiger partial charge in [-0.2, -0.15) is 5.10 Å². The monoisotopic (exact) mass is 492 g/mol. The highest BCUT2D eigenvalue weighted by atomic mass is 32.1. The van der Waals surface area contributed by atoms with Crippen LogP contribution in [0.4, 0.5) is 0 Å². The van der Waals surface area contributed by atoms with Gasteiger partial charge in [0, 0.05) is 38.3 Å². The molecule has 2 aliphatic heterocycles. The number of hydrogen-bond acceptors (Lipinski definition) is 5. The lowest BCUT2D eigenvalue weighted by molar-refractivity contribution is -0.148. The highest BCUT2D eigenvalue weighted by Gasteiger charge is 2.34. The zero-order valence-corrected chi connectivity index (χ0v) is 21.1. The largest absolute Gasteiger partial charge is 0.372 e. The van der Waals surface area contributed by atoms with Crippen LogP contribution in [0, 0.1) is 5.92 Å². The number of nitrogens with zero attached hydrogens (tertiary/aromatic N) is 4. The number of thiophene rings is 1. The second-order valence-electron chi connectivity index (χ2n) is 9.62. The van der Waals surface area contributed by atoms with Crippen molar-refractivity contribution in [2.24, 2.45) is 5.92 Å². The maximum atomic E-state index is 13.6. The molecule has 3 aromatic rings. The quantitative estimate of drug-likeness (QED) is 0.537. The van der Waals surface area contributed by atoms with E-state index in [2.05, 4.69) is 12.1 Å². The number of benzene rings is 1. The van der Waals surface area contributed by atoms with Gasteiger partial charge in [0.05, 0.1) is 29.2 Å². The number of carbonyl (C=O) groups is 2. The number of amides is 2. The Balaban J connectivity index is 1.28. The zero-order chi connectivity index (χ0) is 24.4. The summed E-state index contributed by atoms with van der Waals surface area (Å²) in [7, 11) is 0. The van der Waals surface area contributed by atoms with Crippen LogP contribution < -0.4 is 0 Å². The minimum absolute atomic E-state index is 0.00720. The van der Waals surface area contributed by atoms with Gasteiger partial charge in [-0.15, -0.1) is 11.3 Å². The molecule has 0 radical (unpaired) electrons. The summed E-state index contributed by atoms with van der Waals surface area (Å²) in [4.78, 5) is 31.6. The highest BCUT2D eigenvalue weighted by molar-refractivity contribution is 7.13. The summed E-state index contributed by atoms with van der Waals surface area (Å²) in [6.07, 6.45) is 3.38. The van der Waals surface area contributed by atoms with Crippen LogP contribution in [-0.4, -0.2) is 69.8 Å². The molecule has 0 spiro atoms. The molecule has 2 aliphatic rings. The average Bonchev–Trinajstić information content (AvgIpc) is 3.53. The van der Waals surface area contributed by atoms with Crippen molar-refractivity contribution in [1.82, 2.24) is 19.6 Å². The van der Waals surface area contributed by atoms with Gasteiger partial charge in [-0.05, 0) is 43.7 Å². The first-order valence-corrected chi connectivity index (χ1v) is 13.2. The molecule has 4 heterocycles. The molecular formula is C27H32N4O3S. The molecule has 2 fully saturated rings. The Bertz CT molecular complexity index is 1140. The molecule has 8 heteroatoms. The Morgan fingerprint density at radius 2 is 1.71 bits per heavy atom. The maximum Gasteiger partial charge on any atom is 0.257 e. The van der Waals surface area contributed by atoms with Crippen molar-refractivity contribution in [3.63, 3.8) is 0 Å². The summed E-state index contributed by atoms with van der Waals surface area (Å²) in [6.45, 7) is 7.09. The number of likely N-dealkylation sites (tertiary alicyclic amines) is 1. The summed E-state index contributed by atoms with van der Waals surface area (Å²) in [5.41, 5.74) is 2.50. The van der Waals surface area contributed by atoms with Crippen molar-refractivity contribution < 1.29 is 14.3 Å². The van der Waals surface area contributed by atoms with E-state index in [0.717, 1.165) is 16.1 Å². The Morgan fingerprint density at radius 3 is 2.37 bits per heavy atom. The van der Waals surface area contributed by atoms with E-state index in [-0.39, 0.29) is 29.9 Å². The number of hydrogen-bond donors (Lipinski definition) is 0. The Labute approximate surface area is 210 Å². The fraction of sp³-hybridized carbons (Fsp3) is 0.444. The number of ether oxygens (including phenoxy) is 1. The standard InChI is InChI=1S/C27H32N4O3S/c1-19-15-30(16-20(2)34-19)26(32)22-10-12-29(13-11-22)27(33)23-18-31(17-21-7-4-3-5-8-21)28-25(23)24-9-6-14-35-24/h3-9,14,18-20,22H,10-13,15-17H2,1-2H3. The molecule has 184 valence electrons. The lowest BCUT2D eigenvalue weighted by atomic mass is 9.94. The predicted molar refractivity (Wildman–Crippen MR) is 136 cm³/mol. The number of morpholine rings is 1. The minimum Gasteiger partial charge on any atom is -0.372 e. The van der Waals surface area contributed by atoms with Crippen LogP contribution in [0.5, 0.6) is 0 Å². The molecule has 2 saturated heterocycles. The van der Waals surface area contributed by atoms with E-state index in [4.69, 9.17) is 9.84 Å². The van der Waals surface area contributed by atoms with Crippen LogP contribution in [0.2, 0.25) is 0 Å². The van der Waals surface area contributed by atoms with Gasteiger partial charge in [0.2, 0.25) is 5.91 Å². The fourth-order valence-electron chi connectivity index (χ4n) is 5.14.